The molecule has 4 aliphatic rings. The van der Waals surface area contributed by atoms with Crippen LogP contribution in [0.1, 0.15) is 232 Å². The summed E-state index contributed by atoms with van der Waals surface area (Å²) in [6.45, 7) is 30.9. The van der Waals surface area contributed by atoms with Crippen molar-refractivity contribution < 1.29 is 89.4 Å². The first-order valence-electron chi connectivity index (χ1n) is 41.3. The van der Waals surface area contributed by atoms with E-state index in [1.165, 1.54) is 35.2 Å². The van der Waals surface area contributed by atoms with Crippen molar-refractivity contribution in [2.24, 2.45) is 11.5 Å². The van der Waals surface area contributed by atoms with Gasteiger partial charge in [-0.05, 0) is 216 Å². The van der Waals surface area contributed by atoms with Gasteiger partial charge in [0.25, 0.3) is 11.9 Å². The number of ketones is 3. The molecule has 128 heavy (non-hydrogen) atoms. The van der Waals surface area contributed by atoms with Crippen LogP contribution in [0.25, 0.3) is 32.7 Å². The van der Waals surface area contributed by atoms with E-state index in [-0.39, 0.29) is 122 Å². The molecule has 688 valence electrons. The molecule has 11 heterocycles. The van der Waals surface area contributed by atoms with Crippen LogP contribution in [-0.4, -0.2) is 154 Å². The van der Waals surface area contributed by atoms with Gasteiger partial charge in [-0.3, -0.25) is 29.3 Å². The van der Waals surface area contributed by atoms with Crippen molar-refractivity contribution in [2.75, 3.05) is 54.3 Å². The molecule has 29 nitrogen and oxygen atoms in total. The first-order valence-corrected chi connectivity index (χ1v) is 45.5. The number of methoxy groups -OCH3 is 3. The standard InChI is InChI=1S/C27H32ClN3O5S.C27H32FN3O5S.C23H24FN3O4.C15H24ClN3O3S/c2*1-25(2,3)37(34)31-26(4)15-36-23-18(26)14-21(30-24(23)28)27(5,33)10-9-19(32)17-12-16-8-7-11-29-22(16)20(13-17)35-6;1-22(25)12-31-20-15(22)11-18(27-21(20)24)23(2,29)7-6-16(28)14-9-13-5-4-8-26-19(13)17(10-14)30-3;1-13(2,3)23(21)19-14(4)8-22-11-9(14)6-10(18-12(11)16)15(5,20)7-17/h2*7-8,11-14,31,33H,9-10,15H2,1-6H3;4-5,8-11,29H,6-7,12,25H2,1-3H3;6,19-20H,7-8,17H2,1-5H3. The van der Waals surface area contributed by atoms with Gasteiger partial charge in [0, 0.05) is 99.5 Å². The zero-order valence-electron chi connectivity index (χ0n) is 75.4. The van der Waals surface area contributed by atoms with Crippen LogP contribution in [0.5, 0.6) is 40.2 Å². The van der Waals surface area contributed by atoms with Crippen molar-refractivity contribution in [1.29, 1.82) is 0 Å². The molecule has 0 radical (unpaired) electrons. The molecule has 0 saturated carbocycles. The average molecular weight is 1860 g/mol. The number of hydrogen-bond donors (Lipinski definition) is 9. The third kappa shape index (κ3) is 21.8. The number of carbonyl (C=O) groups excluding carboxylic acids is 3. The number of nitrogens with zero attached hydrogens (tertiary/aromatic N) is 7. The summed E-state index contributed by atoms with van der Waals surface area (Å²) in [5.74, 6) is 0.0990. The Labute approximate surface area is 760 Å². The second kappa shape index (κ2) is 37.8. The van der Waals surface area contributed by atoms with Gasteiger partial charge in [0.1, 0.15) is 82.6 Å². The molecule has 7 aromatic heterocycles. The number of ether oxygens (including phenoxy) is 7. The van der Waals surface area contributed by atoms with Gasteiger partial charge in [0.05, 0.1) is 113 Å². The second-order valence-electron chi connectivity index (χ2n) is 37.0. The van der Waals surface area contributed by atoms with Crippen molar-refractivity contribution in [1.82, 2.24) is 49.1 Å². The Hall–Kier alpha value is -9.37. The lowest BCUT2D eigenvalue weighted by Crippen LogP contribution is -2.47. The van der Waals surface area contributed by atoms with Crippen LogP contribution in [0.2, 0.25) is 10.3 Å². The molecule has 11 atom stereocenters. The molecule has 36 heteroatoms. The van der Waals surface area contributed by atoms with Crippen LogP contribution >= 0.6 is 23.2 Å². The Morgan fingerprint density at radius 2 is 0.711 bits per heavy atom. The molecule has 3 aromatic carbocycles. The number of nitrogens with two attached hydrogens (primary N) is 2. The number of pyridine rings is 7. The van der Waals surface area contributed by atoms with E-state index in [9.17, 15) is 56.2 Å². The predicted molar refractivity (Wildman–Crippen MR) is 488 cm³/mol. The van der Waals surface area contributed by atoms with Gasteiger partial charge in [0.2, 0.25) is 0 Å². The van der Waals surface area contributed by atoms with Crippen LogP contribution in [0.15, 0.2) is 116 Å². The Bertz CT molecular complexity index is 5800. The highest BCUT2D eigenvalue weighted by molar-refractivity contribution is 7.85. The first-order chi connectivity index (χ1) is 59.5. The minimum Gasteiger partial charge on any atom is -0.494 e. The van der Waals surface area contributed by atoms with Crippen LogP contribution < -0.4 is 58.8 Å². The van der Waals surface area contributed by atoms with Crippen LogP contribution in [-0.2, 0) is 77.5 Å². The van der Waals surface area contributed by atoms with Gasteiger partial charge in [0.15, 0.2) is 50.7 Å². The molecule has 14 rings (SSSR count). The summed E-state index contributed by atoms with van der Waals surface area (Å²) < 4.78 is 114. The molecule has 10 aromatic rings. The summed E-state index contributed by atoms with van der Waals surface area (Å²) in [7, 11) is 0.465. The lowest BCUT2D eigenvalue weighted by molar-refractivity contribution is 0.0387. The van der Waals surface area contributed by atoms with Crippen molar-refractivity contribution in [2.45, 2.75) is 215 Å². The largest absolute Gasteiger partial charge is 0.494 e. The number of aliphatic hydroxyl groups is 4. The third-order valence-electron chi connectivity index (χ3n) is 22.5. The molecule has 0 bridgehead atoms. The number of Topliss-reactive ketones (excluding diaryl/α,β-unsaturated/α-hetero) is 3. The summed E-state index contributed by atoms with van der Waals surface area (Å²) in [5.41, 5.74) is 9.01. The summed E-state index contributed by atoms with van der Waals surface area (Å²) in [6, 6.07) is 27.7. The molecule has 4 aliphatic heterocycles. The van der Waals surface area contributed by atoms with Crippen LogP contribution in [0.4, 0.5) is 8.78 Å². The fourth-order valence-electron chi connectivity index (χ4n) is 14.2. The van der Waals surface area contributed by atoms with Crippen LogP contribution in [0.3, 0.4) is 0 Å². The van der Waals surface area contributed by atoms with Crippen molar-refractivity contribution in [3.63, 3.8) is 0 Å². The SMILES string of the molecule is CC(O)(CN)c1cc2c(c(Cl)n1)OCC2(C)NS(=O)C(C)(C)C.COc1cc(C(=O)CCC(C)(O)c2cc3c(c(Cl)n2)OCC3(C)NS(=O)C(C)(C)C)cc2cccnc12.COc1cc(C(=O)CCC(C)(O)c2cc3c(c(F)n2)OCC3(C)N)cc2cccnc12.COc1cc(C(=O)CCC(C)(O)c2cc3c(c(F)n2)OCC3(C)NS(=O)C(C)(C)C)cc2cccnc12. The summed E-state index contributed by atoms with van der Waals surface area (Å²) in [6.07, 6.45) is 5.22. The third-order valence-corrected chi connectivity index (χ3v) is 28.3. The van der Waals surface area contributed by atoms with E-state index in [0.29, 0.717) is 90.1 Å². The number of fused-ring (bicyclic) bond motifs is 7. The van der Waals surface area contributed by atoms with E-state index in [0.717, 1.165) is 21.7 Å². The van der Waals surface area contributed by atoms with E-state index >= 15 is 0 Å². The number of benzene rings is 3. The fraction of sp³-hybridized carbons (Fsp3) is 0.457. The Morgan fingerprint density at radius 1 is 0.438 bits per heavy atom. The van der Waals surface area contributed by atoms with Gasteiger partial charge in [-0.2, -0.15) is 8.78 Å². The second-order valence-corrected chi connectivity index (χ2v) is 43.7. The highest BCUT2D eigenvalue weighted by Gasteiger charge is 2.48. The highest BCUT2D eigenvalue weighted by atomic mass is 35.5. The summed E-state index contributed by atoms with van der Waals surface area (Å²) >= 11 is 12.6. The van der Waals surface area contributed by atoms with Gasteiger partial charge >= 0.3 is 0 Å². The number of hydrogen-bond acceptors (Lipinski definition) is 26. The highest BCUT2D eigenvalue weighted by Crippen LogP contribution is 2.48. The molecule has 0 amide bonds. The number of rotatable bonds is 26. The molecule has 0 aliphatic carbocycles. The van der Waals surface area contributed by atoms with Crippen molar-refractivity contribution in [3.05, 3.63) is 200 Å². The molecule has 0 fully saturated rings. The van der Waals surface area contributed by atoms with Crippen LogP contribution in [0, 0.1) is 11.9 Å². The van der Waals surface area contributed by atoms with Gasteiger partial charge < -0.3 is 65.1 Å². The summed E-state index contributed by atoms with van der Waals surface area (Å²) in [4.78, 5) is 68.3. The minimum absolute atomic E-state index is 0.00335. The molecule has 0 saturated heterocycles. The van der Waals surface area contributed by atoms with Gasteiger partial charge in [-0.25, -0.2) is 46.7 Å². The Kier molecular flexibility index (Phi) is 29.3. The Balaban J connectivity index is 0.000000168. The normalized spacial score (nSPS) is 20.5. The van der Waals surface area contributed by atoms with E-state index in [1.54, 1.807) is 125 Å². The predicted octanol–water partition coefficient (Wildman–Crippen LogP) is 13.9. The van der Waals surface area contributed by atoms with E-state index in [2.05, 4.69) is 49.1 Å². The maximum atomic E-state index is 15.0. The molecule has 11 N–H and O–H groups in total. The van der Waals surface area contributed by atoms with E-state index in [4.69, 9.17) is 67.8 Å². The fourth-order valence-corrected chi connectivity index (χ4v) is 17.4. The van der Waals surface area contributed by atoms with Gasteiger partial charge in [-0.15, -0.1) is 0 Å². The Morgan fingerprint density at radius 3 is 1.02 bits per heavy atom. The average Bonchev–Trinajstić information content (AvgIpc) is 1.40. The molecular formula is C92H112Cl2F2N12O17S3. The zero-order valence-corrected chi connectivity index (χ0v) is 79.3. The topological polar surface area (TPSA) is 426 Å². The quantitative estimate of drug-likeness (QED) is 0.0180. The summed E-state index contributed by atoms with van der Waals surface area (Å²) in [5, 5.41) is 46.6. The van der Waals surface area contributed by atoms with E-state index in [1.807, 2.05) is 94.4 Å². The maximum absolute atomic E-state index is 15.0. The lowest BCUT2D eigenvalue weighted by Gasteiger charge is -2.30. The lowest BCUT2D eigenvalue weighted by atomic mass is 9.89. The molecule has 11 unspecified atom stereocenters. The molecular weight excluding hydrogens is 1750 g/mol. The number of aromatic nitrogens is 7. The minimum atomic E-state index is -1.61. The maximum Gasteiger partial charge on any atom is 0.255 e. The van der Waals surface area contributed by atoms with E-state index < -0.39 is 104 Å². The number of nitrogens with one attached hydrogen (secondary N) is 3. The number of halogens is 4. The number of carbonyl (C=O) groups is 3. The van der Waals surface area contributed by atoms with Crippen molar-refractivity contribution >= 4 is 106 Å². The van der Waals surface area contributed by atoms with Crippen molar-refractivity contribution in [3.8, 4) is 40.2 Å². The first kappa shape index (κ1) is 99.2. The molecule has 0 spiro atoms. The van der Waals surface area contributed by atoms with Gasteiger partial charge in [-0.1, -0.05) is 41.4 Å². The smallest absolute Gasteiger partial charge is 0.255 e. The zero-order chi connectivity index (χ0) is 94.4. The monoisotopic (exact) mass is 1860 g/mol.